The summed E-state index contributed by atoms with van der Waals surface area (Å²) in [6, 6.07) is 0. The Morgan fingerprint density at radius 3 is 2.00 bits per heavy atom. The molecule has 0 aromatic carbocycles. The normalized spacial score (nSPS) is 18.7. The molecule has 0 atom stereocenters. The number of aliphatic hydroxyl groups is 1. The number of hydrogen-bond donors (Lipinski definition) is 2. The first-order valence-corrected chi connectivity index (χ1v) is 7.97. The average molecular weight is 266 g/mol. The second kappa shape index (κ2) is 7.92. The largest absolute Gasteiger partial charge is 0.378 e. The van der Waals surface area contributed by atoms with Gasteiger partial charge in [0.25, 0.3) is 0 Å². The zero-order chi connectivity index (χ0) is 14.3. The average Bonchev–Trinajstić information content (AvgIpc) is 2.27. The quantitative estimate of drug-likeness (QED) is 0.730. The smallest absolute Gasteiger partial charge is 0.139 e. The van der Waals surface area contributed by atoms with Gasteiger partial charge in [-0.15, -0.1) is 0 Å². The predicted molar refractivity (Wildman–Crippen MR) is 81.1 cm³/mol. The van der Waals surface area contributed by atoms with Gasteiger partial charge in [-0.25, -0.2) is 0 Å². The van der Waals surface area contributed by atoms with Crippen LogP contribution in [0.3, 0.4) is 0 Å². The molecule has 1 aliphatic rings. The Hall–Kier alpha value is -0.520. The summed E-state index contributed by atoms with van der Waals surface area (Å²) in [6.07, 6.45) is 5.23. The topological polar surface area (TPSA) is 24.7 Å². The maximum Gasteiger partial charge on any atom is 0.139 e. The van der Waals surface area contributed by atoms with E-state index in [0.29, 0.717) is 11.8 Å². The van der Waals surface area contributed by atoms with E-state index in [9.17, 15) is 5.11 Å². The van der Waals surface area contributed by atoms with E-state index in [1.165, 1.54) is 19.5 Å². The molecule has 0 unspecified atom stereocenters. The van der Waals surface area contributed by atoms with Crippen molar-refractivity contribution in [2.75, 3.05) is 19.6 Å². The summed E-state index contributed by atoms with van der Waals surface area (Å²) in [7, 11) is 0. The summed E-state index contributed by atoms with van der Waals surface area (Å²) in [6.45, 7) is 12.3. The van der Waals surface area contributed by atoms with E-state index in [1.54, 1.807) is 4.90 Å². The molecule has 0 saturated heterocycles. The Labute approximate surface area is 119 Å². The van der Waals surface area contributed by atoms with Gasteiger partial charge in [0.2, 0.25) is 0 Å². The summed E-state index contributed by atoms with van der Waals surface area (Å²) in [5.74, 6) is 7.83. The molecule has 110 valence electrons. The molecule has 2 heteroatoms. The minimum Gasteiger partial charge on any atom is -0.378 e. The third kappa shape index (κ3) is 6.99. The van der Waals surface area contributed by atoms with Crippen LogP contribution in [-0.2, 0) is 0 Å². The Kier molecular flexibility index (Phi) is 6.89. The zero-order valence-corrected chi connectivity index (χ0v) is 13.3. The molecule has 0 radical (unpaired) electrons. The van der Waals surface area contributed by atoms with Crippen molar-refractivity contribution in [1.82, 2.24) is 0 Å². The van der Waals surface area contributed by atoms with Crippen molar-refractivity contribution < 1.29 is 10.0 Å². The van der Waals surface area contributed by atoms with Gasteiger partial charge in [-0.2, -0.15) is 0 Å². The van der Waals surface area contributed by atoms with E-state index in [4.69, 9.17) is 0 Å². The van der Waals surface area contributed by atoms with Crippen molar-refractivity contribution >= 4 is 0 Å². The monoisotopic (exact) mass is 266 g/mol. The first kappa shape index (κ1) is 16.5. The highest BCUT2D eigenvalue weighted by Gasteiger charge is 2.26. The maximum absolute atomic E-state index is 10.4. The summed E-state index contributed by atoms with van der Waals surface area (Å²) >= 11 is 0. The molecule has 1 saturated carbocycles. The van der Waals surface area contributed by atoms with E-state index < -0.39 is 5.60 Å². The van der Waals surface area contributed by atoms with Gasteiger partial charge in [0.05, 0.1) is 13.1 Å². The SMILES string of the molecule is CC(C)C[NH+](CC#CC1(O)CCCCC1)CC(C)C. The minimum atomic E-state index is -0.682. The van der Waals surface area contributed by atoms with Crippen molar-refractivity contribution in [1.29, 1.82) is 0 Å². The molecule has 0 heterocycles. The molecule has 0 aromatic rings. The van der Waals surface area contributed by atoms with Gasteiger partial charge in [-0.05, 0) is 31.6 Å². The van der Waals surface area contributed by atoms with Crippen LogP contribution in [0.2, 0.25) is 0 Å². The van der Waals surface area contributed by atoms with E-state index in [0.717, 1.165) is 32.2 Å². The highest BCUT2D eigenvalue weighted by atomic mass is 16.3. The van der Waals surface area contributed by atoms with E-state index in [-0.39, 0.29) is 0 Å². The second-order valence-corrected chi connectivity index (χ2v) is 7.02. The van der Waals surface area contributed by atoms with Crippen molar-refractivity contribution in [3.8, 4) is 11.8 Å². The molecule has 0 aliphatic heterocycles. The van der Waals surface area contributed by atoms with Crippen LogP contribution < -0.4 is 4.90 Å². The minimum absolute atomic E-state index is 0.682. The predicted octanol–water partition coefficient (Wildman–Crippen LogP) is 1.88. The number of hydrogen-bond acceptors (Lipinski definition) is 1. The van der Waals surface area contributed by atoms with Crippen molar-refractivity contribution in [2.45, 2.75) is 65.4 Å². The zero-order valence-electron chi connectivity index (χ0n) is 13.3. The molecule has 1 rings (SSSR count). The lowest BCUT2D eigenvalue weighted by molar-refractivity contribution is -0.898. The van der Waals surface area contributed by atoms with Crippen LogP contribution in [0, 0.1) is 23.7 Å². The number of quaternary nitrogens is 1. The van der Waals surface area contributed by atoms with E-state index in [2.05, 4.69) is 39.5 Å². The van der Waals surface area contributed by atoms with E-state index in [1.807, 2.05) is 0 Å². The summed E-state index contributed by atoms with van der Waals surface area (Å²) in [4.78, 5) is 1.55. The summed E-state index contributed by atoms with van der Waals surface area (Å²) < 4.78 is 0. The highest BCUT2D eigenvalue weighted by molar-refractivity contribution is 5.14. The van der Waals surface area contributed by atoms with Gasteiger partial charge in [0, 0.05) is 11.8 Å². The third-order valence-corrected chi connectivity index (χ3v) is 3.73. The Morgan fingerprint density at radius 2 is 1.53 bits per heavy atom. The van der Waals surface area contributed by atoms with Crippen LogP contribution in [0.4, 0.5) is 0 Å². The van der Waals surface area contributed by atoms with Crippen LogP contribution in [-0.4, -0.2) is 30.3 Å². The molecular formula is C17H32NO+. The number of nitrogens with one attached hydrogen (secondary N) is 1. The Bertz CT molecular complexity index is 295. The fraction of sp³-hybridized carbons (Fsp3) is 0.882. The first-order valence-electron chi connectivity index (χ1n) is 7.97. The van der Waals surface area contributed by atoms with Gasteiger partial charge < -0.3 is 10.0 Å². The van der Waals surface area contributed by atoms with Crippen molar-refractivity contribution in [3.05, 3.63) is 0 Å². The van der Waals surface area contributed by atoms with Crippen LogP contribution >= 0.6 is 0 Å². The lowest BCUT2D eigenvalue weighted by Gasteiger charge is -2.26. The van der Waals surface area contributed by atoms with Crippen LogP contribution in [0.25, 0.3) is 0 Å². The molecular weight excluding hydrogens is 234 g/mol. The van der Waals surface area contributed by atoms with Crippen molar-refractivity contribution in [2.24, 2.45) is 11.8 Å². The molecule has 2 nitrogen and oxygen atoms in total. The lowest BCUT2D eigenvalue weighted by atomic mass is 9.85. The van der Waals surface area contributed by atoms with Crippen LogP contribution in [0.5, 0.6) is 0 Å². The third-order valence-electron chi connectivity index (χ3n) is 3.73. The van der Waals surface area contributed by atoms with Gasteiger partial charge in [-0.3, -0.25) is 0 Å². The van der Waals surface area contributed by atoms with E-state index >= 15 is 0 Å². The first-order chi connectivity index (χ1) is 8.91. The molecule has 0 spiro atoms. The molecule has 2 N–H and O–H groups in total. The molecule has 0 aromatic heterocycles. The van der Waals surface area contributed by atoms with Gasteiger partial charge in [0.15, 0.2) is 0 Å². The summed E-state index contributed by atoms with van der Waals surface area (Å²) in [5.41, 5.74) is -0.682. The Morgan fingerprint density at radius 1 is 1.00 bits per heavy atom. The lowest BCUT2D eigenvalue weighted by Crippen LogP contribution is -3.13. The fourth-order valence-electron chi connectivity index (χ4n) is 2.98. The van der Waals surface area contributed by atoms with Gasteiger partial charge in [0.1, 0.15) is 12.1 Å². The maximum atomic E-state index is 10.4. The molecule has 0 bridgehead atoms. The fourth-order valence-corrected chi connectivity index (χ4v) is 2.98. The van der Waals surface area contributed by atoms with Crippen LogP contribution in [0.15, 0.2) is 0 Å². The summed E-state index contributed by atoms with van der Waals surface area (Å²) in [5, 5.41) is 10.4. The second-order valence-electron chi connectivity index (χ2n) is 7.02. The van der Waals surface area contributed by atoms with Crippen LogP contribution in [0.1, 0.15) is 59.8 Å². The van der Waals surface area contributed by atoms with Gasteiger partial charge >= 0.3 is 0 Å². The standard InChI is InChI=1S/C17H31NO/c1-15(2)13-18(14-16(3)4)12-8-11-17(19)9-6-5-7-10-17/h15-16,19H,5-7,9-10,12-14H2,1-4H3/p+1. The van der Waals surface area contributed by atoms with Gasteiger partial charge in [-0.1, -0.05) is 40.0 Å². The molecule has 1 aliphatic carbocycles. The number of rotatable bonds is 5. The molecule has 0 amide bonds. The Balaban J connectivity index is 2.50. The molecule has 1 fully saturated rings. The highest BCUT2D eigenvalue weighted by Crippen LogP contribution is 2.26. The van der Waals surface area contributed by atoms with Crippen molar-refractivity contribution in [3.63, 3.8) is 0 Å². The molecule has 19 heavy (non-hydrogen) atoms.